The number of thiophene rings is 1. The Morgan fingerprint density at radius 1 is 1.08 bits per heavy atom. The van der Waals surface area contributed by atoms with E-state index in [0.29, 0.717) is 34.8 Å². The predicted octanol–water partition coefficient (Wildman–Crippen LogP) is 5.33. The Hall–Kier alpha value is -3.90. The molecule has 2 atom stereocenters. The molecule has 1 fully saturated rings. The van der Waals surface area contributed by atoms with E-state index in [2.05, 4.69) is 0 Å². The summed E-state index contributed by atoms with van der Waals surface area (Å²) in [6.45, 7) is 1.96. The van der Waals surface area contributed by atoms with E-state index >= 15 is 0 Å². The highest BCUT2D eigenvalue weighted by Gasteiger charge is 2.49. The molecule has 186 valence electrons. The maximum atomic E-state index is 14.1. The number of hydrogen-bond acceptors (Lipinski definition) is 7. The van der Waals surface area contributed by atoms with Crippen LogP contribution >= 0.6 is 11.3 Å². The van der Waals surface area contributed by atoms with E-state index in [0.717, 1.165) is 10.4 Å². The molecule has 2 heterocycles. The van der Waals surface area contributed by atoms with Crippen molar-refractivity contribution < 1.29 is 23.4 Å². The number of methoxy groups -OCH3 is 3. The van der Waals surface area contributed by atoms with Gasteiger partial charge in [-0.15, -0.1) is 11.3 Å². The number of amides is 1. The zero-order chi connectivity index (χ0) is 26.2. The first-order valence-electron chi connectivity index (χ1n) is 11.1. The summed E-state index contributed by atoms with van der Waals surface area (Å²) < 4.78 is 30.6. The molecule has 7 nitrogen and oxygen atoms in total. The number of amidine groups is 1. The number of carbonyl (C=O) groups is 1. The molecule has 1 N–H and O–H groups in total. The average molecular weight is 508 g/mol. The maximum absolute atomic E-state index is 14.1. The second kappa shape index (κ2) is 9.63. The summed E-state index contributed by atoms with van der Waals surface area (Å²) in [7, 11) is 6.16. The Morgan fingerprint density at radius 2 is 1.75 bits per heavy atom. The van der Waals surface area contributed by atoms with E-state index in [4.69, 9.17) is 19.6 Å². The van der Waals surface area contributed by atoms with Crippen molar-refractivity contribution in [1.82, 2.24) is 4.90 Å². The topological polar surface area (TPSA) is 95.6 Å². The number of piperidine rings is 1. The highest BCUT2D eigenvalue weighted by molar-refractivity contribution is 7.10. The first kappa shape index (κ1) is 25.2. The fourth-order valence-corrected chi connectivity index (χ4v) is 5.90. The van der Waals surface area contributed by atoms with Gasteiger partial charge < -0.3 is 19.1 Å². The molecule has 0 aliphatic carbocycles. The van der Waals surface area contributed by atoms with Crippen LogP contribution in [0.1, 0.15) is 35.3 Å². The van der Waals surface area contributed by atoms with Crippen LogP contribution in [-0.4, -0.2) is 45.0 Å². The molecule has 0 unspecified atom stereocenters. The molecule has 4 rings (SSSR count). The second-order valence-electron chi connectivity index (χ2n) is 8.87. The first-order chi connectivity index (χ1) is 17.2. The molecule has 1 amide bonds. The van der Waals surface area contributed by atoms with Gasteiger partial charge in [-0.05, 0) is 58.5 Å². The van der Waals surface area contributed by atoms with Crippen molar-refractivity contribution in [2.24, 2.45) is 0 Å². The lowest BCUT2D eigenvalue weighted by Gasteiger charge is -2.44. The Labute approximate surface area is 213 Å². The van der Waals surface area contributed by atoms with Crippen molar-refractivity contribution in [3.05, 3.63) is 63.6 Å². The number of nitrogens with one attached hydrogen (secondary N) is 1. The number of halogens is 1. The molecule has 2 aromatic carbocycles. The largest absolute Gasteiger partial charge is 0.493 e. The number of ether oxygens (including phenoxy) is 3. The van der Waals surface area contributed by atoms with Gasteiger partial charge in [0.1, 0.15) is 11.7 Å². The number of likely N-dealkylation sites (N-methyl/N-ethyl adjacent to an activating group) is 1. The summed E-state index contributed by atoms with van der Waals surface area (Å²) in [6, 6.07) is 11.6. The van der Waals surface area contributed by atoms with Crippen LogP contribution in [-0.2, 0) is 10.2 Å². The summed E-state index contributed by atoms with van der Waals surface area (Å²) in [6.07, 6.45) is 0.309. The predicted molar refractivity (Wildman–Crippen MR) is 136 cm³/mol. The van der Waals surface area contributed by atoms with Crippen molar-refractivity contribution in [1.29, 1.82) is 10.7 Å². The number of nitriles is 1. The normalized spacial score (nSPS) is 19.7. The summed E-state index contributed by atoms with van der Waals surface area (Å²) in [5, 5.41) is 19.6. The molecule has 36 heavy (non-hydrogen) atoms. The van der Waals surface area contributed by atoms with Crippen LogP contribution in [0, 0.1) is 22.6 Å². The van der Waals surface area contributed by atoms with Crippen LogP contribution in [0.5, 0.6) is 17.2 Å². The minimum atomic E-state index is -0.778. The van der Waals surface area contributed by atoms with Gasteiger partial charge in [-0.3, -0.25) is 10.2 Å². The van der Waals surface area contributed by atoms with Gasteiger partial charge in [-0.2, -0.15) is 5.26 Å². The van der Waals surface area contributed by atoms with E-state index in [1.165, 1.54) is 49.7 Å². The van der Waals surface area contributed by atoms with Crippen LogP contribution in [0.2, 0.25) is 0 Å². The molecular weight excluding hydrogens is 481 g/mol. The highest BCUT2D eigenvalue weighted by Crippen LogP contribution is 2.51. The quantitative estimate of drug-likeness (QED) is 0.486. The van der Waals surface area contributed by atoms with Crippen molar-refractivity contribution in [3.8, 4) is 34.4 Å². The van der Waals surface area contributed by atoms with Crippen LogP contribution < -0.4 is 14.2 Å². The monoisotopic (exact) mass is 507 g/mol. The number of nitrogens with zero attached hydrogens (tertiary/aromatic N) is 2. The van der Waals surface area contributed by atoms with E-state index in [9.17, 15) is 14.4 Å². The van der Waals surface area contributed by atoms with E-state index in [-0.39, 0.29) is 17.3 Å². The van der Waals surface area contributed by atoms with E-state index < -0.39 is 17.2 Å². The molecule has 1 aliphatic heterocycles. The van der Waals surface area contributed by atoms with Crippen LogP contribution in [0.4, 0.5) is 4.39 Å². The smallest absolute Gasteiger partial charge is 0.236 e. The van der Waals surface area contributed by atoms with Gasteiger partial charge in [0.25, 0.3) is 0 Å². The molecular formula is C27H26FN3O4S. The molecule has 1 saturated heterocycles. The van der Waals surface area contributed by atoms with E-state index in [1.54, 1.807) is 25.2 Å². The van der Waals surface area contributed by atoms with Gasteiger partial charge in [-0.25, -0.2) is 4.39 Å². The average Bonchev–Trinajstić information content (AvgIpc) is 3.37. The second-order valence-corrected chi connectivity index (χ2v) is 9.78. The third-order valence-electron chi connectivity index (χ3n) is 6.70. The lowest BCUT2D eigenvalue weighted by Crippen LogP contribution is -2.51. The van der Waals surface area contributed by atoms with Gasteiger partial charge in [0.15, 0.2) is 11.5 Å². The summed E-state index contributed by atoms with van der Waals surface area (Å²) in [5.74, 6) is 0.122. The number of benzene rings is 2. The number of carbonyl (C=O) groups excluding carboxylic acids is 1. The molecule has 3 aromatic rings. The first-order valence-corrected chi connectivity index (χ1v) is 12.0. The number of rotatable bonds is 6. The van der Waals surface area contributed by atoms with Gasteiger partial charge in [0, 0.05) is 23.8 Å². The van der Waals surface area contributed by atoms with Crippen molar-refractivity contribution in [2.45, 2.75) is 24.7 Å². The van der Waals surface area contributed by atoms with Gasteiger partial charge in [0.05, 0.1) is 38.9 Å². The Kier molecular flexibility index (Phi) is 6.74. The highest BCUT2D eigenvalue weighted by atomic mass is 32.1. The third-order valence-corrected chi connectivity index (χ3v) is 7.91. The van der Waals surface area contributed by atoms with Crippen LogP contribution in [0.3, 0.4) is 0 Å². The Morgan fingerprint density at radius 3 is 2.33 bits per heavy atom. The lowest BCUT2D eigenvalue weighted by molar-refractivity contribution is -0.131. The Bertz CT molecular complexity index is 1370. The summed E-state index contributed by atoms with van der Waals surface area (Å²) >= 11 is 1.44. The third kappa shape index (κ3) is 4.18. The zero-order valence-corrected chi connectivity index (χ0v) is 21.5. The fraction of sp³-hybridized carbons (Fsp3) is 0.296. The minimum absolute atomic E-state index is 0.207. The zero-order valence-electron chi connectivity index (χ0n) is 20.6. The van der Waals surface area contributed by atoms with Gasteiger partial charge in [-0.1, -0.05) is 6.92 Å². The molecule has 9 heteroatoms. The summed E-state index contributed by atoms with van der Waals surface area (Å²) in [4.78, 5) is 15.9. The SMILES string of the molecule is COc1cc([C@@H]2C(=O)N(C)C(=N)C[C@]2(C)c2cc(-c3cc(F)cc(C#N)c3)cs2)cc(OC)c1OC. The molecule has 1 aliphatic rings. The number of likely N-dealkylation sites (tertiary alicyclic amines) is 1. The molecule has 0 bridgehead atoms. The lowest BCUT2D eigenvalue weighted by atomic mass is 9.67. The van der Waals surface area contributed by atoms with Crippen molar-refractivity contribution in [3.63, 3.8) is 0 Å². The van der Waals surface area contributed by atoms with Gasteiger partial charge in [0.2, 0.25) is 11.7 Å². The summed E-state index contributed by atoms with van der Waals surface area (Å²) in [5.41, 5.74) is 1.45. The number of hydrogen-bond donors (Lipinski definition) is 1. The van der Waals surface area contributed by atoms with Crippen molar-refractivity contribution in [2.75, 3.05) is 28.4 Å². The maximum Gasteiger partial charge on any atom is 0.236 e. The van der Waals surface area contributed by atoms with Gasteiger partial charge >= 0.3 is 0 Å². The molecule has 0 radical (unpaired) electrons. The molecule has 0 saturated carbocycles. The molecule has 0 spiro atoms. The standard InChI is InChI=1S/C27H26FN3O4S/c1-27(22-11-18(14-36-22)16-6-15(13-29)7-19(28)8-16)12-23(30)31(2)26(32)24(27)17-9-20(33-3)25(35-5)21(10-17)34-4/h6-11,14,24,30H,12H2,1-5H3/t24-,27-/m1/s1. The van der Waals surface area contributed by atoms with Crippen LogP contribution in [0.15, 0.2) is 41.8 Å². The fourth-order valence-electron chi connectivity index (χ4n) is 4.78. The molecule has 1 aromatic heterocycles. The minimum Gasteiger partial charge on any atom is -0.493 e. The van der Waals surface area contributed by atoms with Crippen molar-refractivity contribution >= 4 is 23.1 Å². The van der Waals surface area contributed by atoms with Crippen LogP contribution in [0.25, 0.3) is 11.1 Å². The van der Waals surface area contributed by atoms with E-state index in [1.807, 2.05) is 24.4 Å². The Balaban J connectivity index is 1.87.